The lowest BCUT2D eigenvalue weighted by Crippen LogP contribution is -1.92. The van der Waals surface area contributed by atoms with Crippen LogP contribution in [0.2, 0.25) is 0 Å². The first-order valence-corrected chi connectivity index (χ1v) is 5.98. The molecule has 0 atom stereocenters. The van der Waals surface area contributed by atoms with Crippen molar-refractivity contribution in [1.29, 1.82) is 0 Å². The molecule has 3 aromatic rings. The highest BCUT2D eigenvalue weighted by Gasteiger charge is 2.03. The molecule has 0 unspecified atom stereocenters. The van der Waals surface area contributed by atoms with Gasteiger partial charge in [0.15, 0.2) is 5.58 Å². The number of benzene rings is 2. The van der Waals surface area contributed by atoms with Gasteiger partial charge in [-0.25, -0.2) is 4.79 Å². The quantitative estimate of drug-likeness (QED) is 0.745. The Morgan fingerprint density at radius 3 is 2.50 bits per heavy atom. The highest BCUT2D eigenvalue weighted by atomic mass is 16.4. The molecular weight excluding hydrogens is 226 g/mol. The van der Waals surface area contributed by atoms with E-state index in [9.17, 15) is 4.79 Å². The van der Waals surface area contributed by atoms with Gasteiger partial charge in [-0.05, 0) is 35.2 Å². The van der Waals surface area contributed by atoms with E-state index in [1.165, 1.54) is 5.56 Å². The van der Waals surface area contributed by atoms with Gasteiger partial charge < -0.3 is 4.42 Å². The van der Waals surface area contributed by atoms with Gasteiger partial charge in [-0.1, -0.05) is 37.3 Å². The molecule has 0 radical (unpaired) electrons. The standard InChI is InChI=1S/C15H13NO2/c1-2-10-3-5-11(6-4-10)12-7-8-14-13(9-12)16-15(17)18-14/h3-9H,2H2,1H3,(H,16,17). The molecule has 3 nitrogen and oxygen atoms in total. The zero-order valence-electron chi connectivity index (χ0n) is 10.1. The number of hydrogen-bond donors (Lipinski definition) is 1. The van der Waals surface area contributed by atoms with Crippen LogP contribution in [0.3, 0.4) is 0 Å². The lowest BCUT2D eigenvalue weighted by atomic mass is 10.0. The molecule has 0 saturated heterocycles. The second-order valence-electron chi connectivity index (χ2n) is 4.28. The molecule has 0 saturated carbocycles. The summed E-state index contributed by atoms with van der Waals surface area (Å²) in [6, 6.07) is 14.1. The van der Waals surface area contributed by atoms with Gasteiger partial charge in [0.25, 0.3) is 0 Å². The molecule has 18 heavy (non-hydrogen) atoms. The van der Waals surface area contributed by atoms with Gasteiger partial charge in [0.2, 0.25) is 0 Å². The van der Waals surface area contributed by atoms with Crippen molar-refractivity contribution in [2.24, 2.45) is 0 Å². The molecule has 0 spiro atoms. The molecule has 0 aliphatic heterocycles. The van der Waals surface area contributed by atoms with Gasteiger partial charge in [-0.2, -0.15) is 0 Å². The number of hydrogen-bond acceptors (Lipinski definition) is 2. The van der Waals surface area contributed by atoms with Crippen molar-refractivity contribution in [2.75, 3.05) is 0 Å². The zero-order valence-corrected chi connectivity index (χ0v) is 10.1. The van der Waals surface area contributed by atoms with E-state index in [1.807, 2.05) is 18.2 Å². The van der Waals surface area contributed by atoms with Crippen molar-refractivity contribution in [3.8, 4) is 11.1 Å². The Labute approximate surface area is 104 Å². The topological polar surface area (TPSA) is 46.0 Å². The summed E-state index contributed by atoms with van der Waals surface area (Å²) in [5.41, 5.74) is 4.85. The van der Waals surface area contributed by atoms with Gasteiger partial charge in [0.1, 0.15) is 0 Å². The van der Waals surface area contributed by atoms with E-state index in [-0.39, 0.29) is 0 Å². The molecule has 0 aliphatic carbocycles. The number of fused-ring (bicyclic) bond motifs is 1. The molecule has 1 heterocycles. The molecule has 1 aromatic heterocycles. The van der Waals surface area contributed by atoms with Gasteiger partial charge in [-0.3, -0.25) is 4.98 Å². The first-order chi connectivity index (χ1) is 8.76. The molecule has 0 amide bonds. The molecule has 0 fully saturated rings. The number of rotatable bonds is 2. The Morgan fingerprint density at radius 2 is 1.78 bits per heavy atom. The maximum atomic E-state index is 11.1. The summed E-state index contributed by atoms with van der Waals surface area (Å²) in [5.74, 6) is -0.413. The summed E-state index contributed by atoms with van der Waals surface area (Å²) < 4.78 is 4.98. The zero-order chi connectivity index (χ0) is 12.5. The van der Waals surface area contributed by atoms with Gasteiger partial charge in [0.05, 0.1) is 5.52 Å². The predicted octanol–water partition coefficient (Wildman–Crippen LogP) is 3.35. The van der Waals surface area contributed by atoms with Crippen molar-refractivity contribution in [2.45, 2.75) is 13.3 Å². The molecule has 3 rings (SSSR count). The van der Waals surface area contributed by atoms with Crippen molar-refractivity contribution < 1.29 is 4.42 Å². The summed E-state index contributed by atoms with van der Waals surface area (Å²) in [4.78, 5) is 13.8. The van der Waals surface area contributed by atoms with E-state index < -0.39 is 5.76 Å². The number of aryl methyl sites for hydroxylation is 1. The maximum Gasteiger partial charge on any atom is 0.417 e. The SMILES string of the molecule is CCc1ccc(-c2ccc3oc(=O)[nH]c3c2)cc1. The van der Waals surface area contributed by atoms with E-state index in [0.717, 1.165) is 23.1 Å². The Balaban J connectivity index is 2.09. The second kappa shape index (κ2) is 4.18. The molecule has 0 bridgehead atoms. The minimum atomic E-state index is -0.413. The number of H-pyrrole nitrogens is 1. The number of nitrogens with one attached hydrogen (secondary N) is 1. The average molecular weight is 239 g/mol. The highest BCUT2D eigenvalue weighted by molar-refractivity contribution is 5.80. The van der Waals surface area contributed by atoms with E-state index in [2.05, 4.69) is 36.2 Å². The lowest BCUT2D eigenvalue weighted by molar-refractivity contribution is 0.555. The third-order valence-corrected chi connectivity index (χ3v) is 3.11. The minimum Gasteiger partial charge on any atom is -0.408 e. The molecule has 90 valence electrons. The van der Waals surface area contributed by atoms with Crippen molar-refractivity contribution >= 4 is 11.1 Å². The van der Waals surface area contributed by atoms with Crippen LogP contribution in [0.4, 0.5) is 0 Å². The molecular formula is C15H13NO2. The van der Waals surface area contributed by atoms with Crippen molar-refractivity contribution in [3.05, 3.63) is 58.6 Å². The molecule has 0 aliphatic rings. The van der Waals surface area contributed by atoms with Crippen LogP contribution < -0.4 is 5.76 Å². The minimum absolute atomic E-state index is 0.413. The Kier molecular flexibility index (Phi) is 2.52. The summed E-state index contributed by atoms with van der Waals surface area (Å²) in [7, 11) is 0. The van der Waals surface area contributed by atoms with Crippen molar-refractivity contribution in [1.82, 2.24) is 4.98 Å². The first kappa shape index (κ1) is 10.8. The smallest absolute Gasteiger partial charge is 0.408 e. The maximum absolute atomic E-state index is 11.1. The number of aromatic amines is 1. The molecule has 2 aromatic carbocycles. The number of oxazole rings is 1. The van der Waals surface area contributed by atoms with Crippen LogP contribution in [0.15, 0.2) is 51.7 Å². The van der Waals surface area contributed by atoms with E-state index >= 15 is 0 Å². The average Bonchev–Trinajstić information content (AvgIpc) is 2.78. The van der Waals surface area contributed by atoms with E-state index in [4.69, 9.17) is 4.42 Å². The fourth-order valence-electron chi connectivity index (χ4n) is 2.06. The van der Waals surface area contributed by atoms with Crippen LogP contribution in [0, 0.1) is 0 Å². The van der Waals surface area contributed by atoms with Crippen LogP contribution in [-0.2, 0) is 6.42 Å². The van der Waals surface area contributed by atoms with Crippen LogP contribution in [0.1, 0.15) is 12.5 Å². The second-order valence-corrected chi connectivity index (χ2v) is 4.28. The van der Waals surface area contributed by atoms with Crippen LogP contribution in [0.25, 0.3) is 22.2 Å². The van der Waals surface area contributed by atoms with E-state index in [1.54, 1.807) is 0 Å². The summed E-state index contributed by atoms with van der Waals surface area (Å²) >= 11 is 0. The van der Waals surface area contributed by atoms with Crippen molar-refractivity contribution in [3.63, 3.8) is 0 Å². The Morgan fingerprint density at radius 1 is 1.06 bits per heavy atom. The summed E-state index contributed by atoms with van der Waals surface area (Å²) in [5, 5.41) is 0. The van der Waals surface area contributed by atoms with Gasteiger partial charge in [-0.15, -0.1) is 0 Å². The van der Waals surface area contributed by atoms with Gasteiger partial charge >= 0.3 is 5.76 Å². The molecule has 3 heteroatoms. The summed E-state index contributed by atoms with van der Waals surface area (Å²) in [6.07, 6.45) is 1.04. The molecule has 1 N–H and O–H groups in total. The first-order valence-electron chi connectivity index (χ1n) is 5.98. The van der Waals surface area contributed by atoms with Gasteiger partial charge in [0, 0.05) is 0 Å². The van der Waals surface area contributed by atoms with E-state index in [0.29, 0.717) is 5.58 Å². The Hall–Kier alpha value is -2.29. The summed E-state index contributed by atoms with van der Waals surface area (Å²) in [6.45, 7) is 2.14. The monoisotopic (exact) mass is 239 g/mol. The fraction of sp³-hybridized carbons (Fsp3) is 0.133. The fourth-order valence-corrected chi connectivity index (χ4v) is 2.06. The van der Waals surface area contributed by atoms with Crippen LogP contribution in [-0.4, -0.2) is 4.98 Å². The number of aromatic nitrogens is 1. The normalized spacial score (nSPS) is 10.9. The third-order valence-electron chi connectivity index (χ3n) is 3.11. The third kappa shape index (κ3) is 1.84. The predicted molar refractivity (Wildman–Crippen MR) is 71.6 cm³/mol. The van der Waals surface area contributed by atoms with Crippen LogP contribution >= 0.6 is 0 Å². The largest absolute Gasteiger partial charge is 0.417 e. The lowest BCUT2D eigenvalue weighted by Gasteiger charge is -2.02. The van der Waals surface area contributed by atoms with Crippen LogP contribution in [0.5, 0.6) is 0 Å². The Bertz CT molecular complexity index is 735. The highest BCUT2D eigenvalue weighted by Crippen LogP contribution is 2.23.